The summed E-state index contributed by atoms with van der Waals surface area (Å²) in [5.41, 5.74) is 2.97. The van der Waals surface area contributed by atoms with E-state index in [1.807, 2.05) is 50.2 Å². The second-order valence-corrected chi connectivity index (χ2v) is 4.61. The Balaban J connectivity index is 2.17. The highest BCUT2D eigenvalue weighted by atomic mass is 16.5. The average Bonchev–Trinajstić information content (AvgIpc) is 2.39. The van der Waals surface area contributed by atoms with Gasteiger partial charge in [-0.3, -0.25) is 0 Å². The molecule has 2 aromatic carbocycles. The van der Waals surface area contributed by atoms with E-state index in [9.17, 15) is 5.11 Å². The van der Waals surface area contributed by atoms with E-state index in [-0.39, 0.29) is 6.04 Å². The van der Waals surface area contributed by atoms with Gasteiger partial charge in [-0.1, -0.05) is 18.2 Å². The Bertz CT molecular complexity index is 566. The molecule has 0 aromatic heterocycles. The number of nitrogens with one attached hydrogen (secondary N) is 1. The summed E-state index contributed by atoms with van der Waals surface area (Å²) in [6.45, 7) is 4.03. The third-order valence-electron chi connectivity index (χ3n) is 3.18. The lowest BCUT2D eigenvalue weighted by Gasteiger charge is -2.17. The van der Waals surface area contributed by atoms with Crippen LogP contribution in [0.1, 0.15) is 24.1 Å². The smallest absolute Gasteiger partial charge is 0.121 e. The Morgan fingerprint density at radius 3 is 2.53 bits per heavy atom. The molecule has 0 spiro atoms. The normalized spacial score (nSPS) is 11.9. The molecule has 1 atom stereocenters. The number of methoxy groups -OCH3 is 1. The lowest BCUT2D eigenvalue weighted by atomic mass is 10.1. The fraction of sp³-hybridized carbons (Fsp3) is 0.250. The van der Waals surface area contributed by atoms with E-state index >= 15 is 0 Å². The molecule has 100 valence electrons. The first-order valence-corrected chi connectivity index (χ1v) is 6.31. The maximum atomic E-state index is 9.84. The third-order valence-corrected chi connectivity index (χ3v) is 3.18. The Morgan fingerprint density at radius 1 is 1.16 bits per heavy atom. The lowest BCUT2D eigenvalue weighted by molar-refractivity contribution is 0.412. The van der Waals surface area contributed by atoms with Crippen molar-refractivity contribution in [1.29, 1.82) is 0 Å². The number of anilines is 1. The minimum atomic E-state index is 0.0361. The van der Waals surface area contributed by atoms with Crippen LogP contribution in [-0.4, -0.2) is 12.2 Å². The third kappa shape index (κ3) is 2.99. The molecule has 0 fully saturated rings. The molecule has 0 heterocycles. The molecular formula is C16H19NO2. The van der Waals surface area contributed by atoms with E-state index in [4.69, 9.17) is 4.74 Å². The van der Waals surface area contributed by atoms with Gasteiger partial charge in [-0.25, -0.2) is 0 Å². The zero-order valence-electron chi connectivity index (χ0n) is 11.5. The predicted octanol–water partition coefficient (Wildman–Crippen LogP) is 3.88. The minimum Gasteiger partial charge on any atom is -0.508 e. The van der Waals surface area contributed by atoms with E-state index in [1.165, 1.54) is 0 Å². The van der Waals surface area contributed by atoms with Crippen LogP contribution in [0.3, 0.4) is 0 Å². The second-order valence-electron chi connectivity index (χ2n) is 4.61. The molecule has 2 rings (SSSR count). The average molecular weight is 257 g/mol. The highest BCUT2D eigenvalue weighted by Gasteiger charge is 2.10. The van der Waals surface area contributed by atoms with E-state index < -0.39 is 0 Å². The first-order valence-electron chi connectivity index (χ1n) is 6.31. The summed E-state index contributed by atoms with van der Waals surface area (Å²) in [4.78, 5) is 0. The molecule has 0 saturated heterocycles. The highest BCUT2D eigenvalue weighted by molar-refractivity contribution is 5.52. The molecule has 0 aliphatic carbocycles. The Morgan fingerprint density at radius 2 is 1.89 bits per heavy atom. The molecule has 0 amide bonds. The topological polar surface area (TPSA) is 41.5 Å². The molecule has 3 heteroatoms. The van der Waals surface area contributed by atoms with Crippen LogP contribution < -0.4 is 10.1 Å². The van der Waals surface area contributed by atoms with Crippen molar-refractivity contribution < 1.29 is 9.84 Å². The molecular weight excluding hydrogens is 238 g/mol. The zero-order chi connectivity index (χ0) is 13.8. The van der Waals surface area contributed by atoms with Crippen molar-refractivity contribution in [3.8, 4) is 11.5 Å². The number of benzene rings is 2. The van der Waals surface area contributed by atoms with Gasteiger partial charge in [0.1, 0.15) is 11.5 Å². The number of rotatable bonds is 4. The van der Waals surface area contributed by atoms with Crippen LogP contribution in [0.25, 0.3) is 0 Å². The maximum Gasteiger partial charge on any atom is 0.121 e. The molecule has 2 N–H and O–H groups in total. The van der Waals surface area contributed by atoms with Gasteiger partial charge in [0.2, 0.25) is 0 Å². The first-order chi connectivity index (χ1) is 9.11. The van der Waals surface area contributed by atoms with Gasteiger partial charge in [-0.2, -0.15) is 0 Å². The summed E-state index contributed by atoms with van der Waals surface area (Å²) in [5.74, 6) is 1.19. The molecule has 2 aromatic rings. The van der Waals surface area contributed by atoms with Crippen molar-refractivity contribution in [2.75, 3.05) is 12.4 Å². The highest BCUT2D eigenvalue weighted by Crippen LogP contribution is 2.28. The molecule has 0 saturated carbocycles. The van der Waals surface area contributed by atoms with Crippen LogP contribution in [0.4, 0.5) is 5.69 Å². The van der Waals surface area contributed by atoms with Crippen molar-refractivity contribution >= 4 is 5.69 Å². The van der Waals surface area contributed by atoms with Crippen LogP contribution in [-0.2, 0) is 0 Å². The fourth-order valence-electron chi connectivity index (χ4n) is 2.15. The van der Waals surface area contributed by atoms with Crippen molar-refractivity contribution in [3.05, 3.63) is 53.6 Å². The number of ether oxygens (including phenoxy) is 1. The summed E-state index contributed by atoms with van der Waals surface area (Å²) in [6, 6.07) is 13.4. The van der Waals surface area contributed by atoms with Crippen LogP contribution >= 0.6 is 0 Å². The van der Waals surface area contributed by atoms with Crippen LogP contribution in [0.15, 0.2) is 42.5 Å². The van der Waals surface area contributed by atoms with Crippen molar-refractivity contribution in [1.82, 2.24) is 0 Å². The zero-order valence-corrected chi connectivity index (χ0v) is 11.5. The predicted molar refractivity (Wildman–Crippen MR) is 77.9 cm³/mol. The summed E-state index contributed by atoms with van der Waals surface area (Å²) in [6.07, 6.45) is 0. The summed E-state index contributed by atoms with van der Waals surface area (Å²) < 4.78 is 5.24. The fourth-order valence-corrected chi connectivity index (χ4v) is 2.15. The van der Waals surface area contributed by atoms with Crippen molar-refractivity contribution in [3.63, 3.8) is 0 Å². The number of phenols is 1. The quantitative estimate of drug-likeness (QED) is 0.873. The minimum absolute atomic E-state index is 0.0361. The monoisotopic (exact) mass is 257 g/mol. The van der Waals surface area contributed by atoms with E-state index in [0.29, 0.717) is 5.75 Å². The number of hydrogen-bond acceptors (Lipinski definition) is 3. The van der Waals surface area contributed by atoms with Gasteiger partial charge < -0.3 is 15.2 Å². The Labute approximate surface area is 113 Å². The second kappa shape index (κ2) is 5.65. The molecule has 0 radical (unpaired) electrons. The van der Waals surface area contributed by atoms with Gasteiger partial charge >= 0.3 is 0 Å². The van der Waals surface area contributed by atoms with Gasteiger partial charge in [0.15, 0.2) is 0 Å². The van der Waals surface area contributed by atoms with Gasteiger partial charge in [0.25, 0.3) is 0 Å². The molecule has 1 unspecified atom stereocenters. The Kier molecular flexibility index (Phi) is 3.95. The first kappa shape index (κ1) is 13.3. The molecule has 3 nitrogen and oxygen atoms in total. The summed E-state index contributed by atoms with van der Waals surface area (Å²) in [5, 5.41) is 13.2. The molecule has 0 bridgehead atoms. The molecule has 0 aliphatic heterocycles. The Hall–Kier alpha value is -2.16. The van der Waals surface area contributed by atoms with E-state index in [2.05, 4.69) is 5.32 Å². The summed E-state index contributed by atoms with van der Waals surface area (Å²) >= 11 is 0. The van der Waals surface area contributed by atoms with Gasteiger partial charge in [-0.05, 0) is 43.7 Å². The number of phenolic OH excluding ortho intramolecular Hbond substituents is 1. The van der Waals surface area contributed by atoms with Crippen LogP contribution in [0, 0.1) is 6.92 Å². The van der Waals surface area contributed by atoms with Gasteiger partial charge in [0, 0.05) is 11.3 Å². The standard InChI is InChI=1S/C16H19NO2/c1-11-10-13(8-9-16(11)19-3)17-12(2)14-6-4-5-7-15(14)18/h4-10,12,17-18H,1-3H3. The SMILES string of the molecule is COc1ccc(NC(C)c2ccccc2O)cc1C. The van der Waals surface area contributed by atoms with E-state index in [1.54, 1.807) is 13.2 Å². The largest absolute Gasteiger partial charge is 0.508 e. The van der Waals surface area contributed by atoms with Crippen LogP contribution in [0.5, 0.6) is 11.5 Å². The molecule has 19 heavy (non-hydrogen) atoms. The van der Waals surface area contributed by atoms with Gasteiger partial charge in [0.05, 0.1) is 13.2 Å². The number of aryl methyl sites for hydroxylation is 1. The van der Waals surface area contributed by atoms with Crippen molar-refractivity contribution in [2.45, 2.75) is 19.9 Å². The molecule has 0 aliphatic rings. The summed E-state index contributed by atoms with van der Waals surface area (Å²) in [7, 11) is 1.67. The lowest BCUT2D eigenvalue weighted by Crippen LogP contribution is -2.07. The van der Waals surface area contributed by atoms with Crippen LogP contribution in [0.2, 0.25) is 0 Å². The maximum absolute atomic E-state index is 9.84. The number of para-hydroxylation sites is 1. The number of hydrogen-bond donors (Lipinski definition) is 2. The number of aromatic hydroxyl groups is 1. The van der Waals surface area contributed by atoms with E-state index in [0.717, 1.165) is 22.6 Å². The van der Waals surface area contributed by atoms with Crippen molar-refractivity contribution in [2.24, 2.45) is 0 Å². The van der Waals surface area contributed by atoms with Gasteiger partial charge in [-0.15, -0.1) is 0 Å².